The summed E-state index contributed by atoms with van der Waals surface area (Å²) in [5.74, 6) is 0. The molecule has 0 fully saturated rings. The van der Waals surface area contributed by atoms with E-state index in [9.17, 15) is 0 Å². The minimum atomic E-state index is 0.576. The molecular formula is C8H7BrN2S. The standard InChI is InChI=1S/C8H7BrN2S/c9-6-1-5(3-10)2-7-8(6)11-4-12-7/h1-2,4H,3,10H2. The van der Waals surface area contributed by atoms with Crippen LogP contribution < -0.4 is 5.73 Å². The molecule has 0 aliphatic heterocycles. The summed E-state index contributed by atoms with van der Waals surface area (Å²) in [6.07, 6.45) is 0. The van der Waals surface area contributed by atoms with E-state index in [1.807, 2.05) is 11.6 Å². The number of nitrogens with two attached hydrogens (primary N) is 1. The Labute approximate surface area is 82.5 Å². The molecule has 62 valence electrons. The molecule has 0 aliphatic rings. The van der Waals surface area contributed by atoms with Crippen LogP contribution in [0.3, 0.4) is 0 Å². The predicted molar refractivity (Wildman–Crippen MR) is 55.2 cm³/mol. The van der Waals surface area contributed by atoms with Gasteiger partial charge in [-0.3, -0.25) is 0 Å². The third kappa shape index (κ3) is 1.26. The van der Waals surface area contributed by atoms with Gasteiger partial charge in [-0.15, -0.1) is 11.3 Å². The van der Waals surface area contributed by atoms with Crippen LogP contribution in [0.2, 0.25) is 0 Å². The smallest absolute Gasteiger partial charge is 0.0954 e. The molecule has 0 saturated carbocycles. The second kappa shape index (κ2) is 3.12. The average Bonchev–Trinajstić information content (AvgIpc) is 2.52. The zero-order valence-corrected chi connectivity index (χ0v) is 8.65. The number of aromatic nitrogens is 1. The normalized spacial score (nSPS) is 10.8. The molecule has 0 amide bonds. The number of nitrogens with zero attached hydrogens (tertiary/aromatic N) is 1. The van der Waals surface area contributed by atoms with Gasteiger partial charge in [0.1, 0.15) is 0 Å². The molecule has 0 atom stereocenters. The third-order valence-electron chi connectivity index (χ3n) is 1.69. The molecule has 0 bridgehead atoms. The first-order valence-corrected chi connectivity index (χ1v) is 5.20. The zero-order chi connectivity index (χ0) is 8.55. The predicted octanol–water partition coefficient (Wildman–Crippen LogP) is 2.52. The van der Waals surface area contributed by atoms with E-state index in [4.69, 9.17) is 5.73 Å². The number of thiazole rings is 1. The fourth-order valence-corrected chi connectivity index (χ4v) is 2.60. The van der Waals surface area contributed by atoms with Gasteiger partial charge in [0, 0.05) is 11.0 Å². The van der Waals surface area contributed by atoms with E-state index >= 15 is 0 Å². The highest BCUT2D eigenvalue weighted by Crippen LogP contribution is 2.27. The maximum atomic E-state index is 5.54. The van der Waals surface area contributed by atoms with Crippen molar-refractivity contribution in [3.63, 3.8) is 0 Å². The lowest BCUT2D eigenvalue weighted by Gasteiger charge is -1.97. The fourth-order valence-electron chi connectivity index (χ4n) is 1.10. The van der Waals surface area contributed by atoms with Crippen LogP contribution in [0.1, 0.15) is 5.56 Å². The largest absolute Gasteiger partial charge is 0.326 e. The Bertz CT molecular complexity index is 410. The summed E-state index contributed by atoms with van der Waals surface area (Å²) in [4.78, 5) is 4.22. The molecule has 4 heteroatoms. The molecule has 1 aromatic heterocycles. The van der Waals surface area contributed by atoms with Crippen LogP contribution in [0.4, 0.5) is 0 Å². The number of benzene rings is 1. The Hall–Kier alpha value is -0.450. The Morgan fingerprint density at radius 2 is 2.33 bits per heavy atom. The molecule has 0 radical (unpaired) electrons. The third-order valence-corrected chi connectivity index (χ3v) is 3.07. The van der Waals surface area contributed by atoms with Crippen molar-refractivity contribution in [3.05, 3.63) is 27.7 Å². The number of rotatable bonds is 1. The number of hydrogen-bond donors (Lipinski definition) is 1. The highest BCUT2D eigenvalue weighted by Gasteiger charge is 2.02. The molecule has 12 heavy (non-hydrogen) atoms. The van der Waals surface area contributed by atoms with Gasteiger partial charge in [-0.2, -0.15) is 0 Å². The fraction of sp³-hybridized carbons (Fsp3) is 0.125. The van der Waals surface area contributed by atoms with E-state index in [1.54, 1.807) is 11.3 Å². The van der Waals surface area contributed by atoms with Crippen molar-refractivity contribution in [2.24, 2.45) is 5.73 Å². The highest BCUT2D eigenvalue weighted by molar-refractivity contribution is 9.10. The Morgan fingerprint density at radius 3 is 3.08 bits per heavy atom. The first-order valence-electron chi connectivity index (χ1n) is 3.53. The summed E-state index contributed by atoms with van der Waals surface area (Å²) in [6.45, 7) is 0.576. The highest BCUT2D eigenvalue weighted by atomic mass is 79.9. The average molecular weight is 243 g/mol. The van der Waals surface area contributed by atoms with E-state index in [-0.39, 0.29) is 0 Å². The number of fused-ring (bicyclic) bond motifs is 1. The minimum Gasteiger partial charge on any atom is -0.326 e. The van der Waals surface area contributed by atoms with Crippen molar-refractivity contribution in [1.82, 2.24) is 4.98 Å². The van der Waals surface area contributed by atoms with Crippen LogP contribution in [0, 0.1) is 0 Å². The Morgan fingerprint density at radius 1 is 1.50 bits per heavy atom. The van der Waals surface area contributed by atoms with Gasteiger partial charge < -0.3 is 5.73 Å². The molecule has 2 rings (SSSR count). The molecule has 2 N–H and O–H groups in total. The van der Waals surface area contributed by atoms with Crippen molar-refractivity contribution >= 4 is 37.5 Å². The van der Waals surface area contributed by atoms with E-state index in [2.05, 4.69) is 27.0 Å². The lowest BCUT2D eigenvalue weighted by Crippen LogP contribution is -1.95. The molecular weight excluding hydrogens is 236 g/mol. The van der Waals surface area contributed by atoms with Gasteiger partial charge >= 0.3 is 0 Å². The monoisotopic (exact) mass is 242 g/mol. The SMILES string of the molecule is NCc1cc(Br)c2ncsc2c1. The van der Waals surface area contributed by atoms with Crippen LogP contribution >= 0.6 is 27.3 Å². The molecule has 2 nitrogen and oxygen atoms in total. The summed E-state index contributed by atoms with van der Waals surface area (Å²) in [5.41, 5.74) is 9.55. The zero-order valence-electron chi connectivity index (χ0n) is 6.25. The first kappa shape index (κ1) is 8.16. The van der Waals surface area contributed by atoms with Crippen LogP contribution in [0.15, 0.2) is 22.1 Å². The van der Waals surface area contributed by atoms with Crippen LogP contribution in [0.25, 0.3) is 10.2 Å². The van der Waals surface area contributed by atoms with Gasteiger partial charge in [-0.1, -0.05) is 0 Å². The topological polar surface area (TPSA) is 38.9 Å². The first-order chi connectivity index (χ1) is 5.81. The summed E-state index contributed by atoms with van der Waals surface area (Å²) in [6, 6.07) is 4.10. The van der Waals surface area contributed by atoms with Crippen LogP contribution in [-0.2, 0) is 6.54 Å². The summed E-state index contributed by atoms with van der Waals surface area (Å²) >= 11 is 5.09. The quantitative estimate of drug-likeness (QED) is 0.835. The molecule has 0 unspecified atom stereocenters. The maximum Gasteiger partial charge on any atom is 0.0954 e. The van der Waals surface area contributed by atoms with Gasteiger partial charge in [-0.05, 0) is 33.6 Å². The maximum absolute atomic E-state index is 5.54. The van der Waals surface area contributed by atoms with Crippen molar-refractivity contribution in [1.29, 1.82) is 0 Å². The van der Waals surface area contributed by atoms with Gasteiger partial charge in [0.15, 0.2) is 0 Å². The van der Waals surface area contributed by atoms with Crippen molar-refractivity contribution in [3.8, 4) is 0 Å². The second-order valence-electron chi connectivity index (χ2n) is 2.48. The number of hydrogen-bond acceptors (Lipinski definition) is 3. The summed E-state index contributed by atoms with van der Waals surface area (Å²) < 4.78 is 2.21. The van der Waals surface area contributed by atoms with Crippen molar-refractivity contribution in [2.75, 3.05) is 0 Å². The summed E-state index contributed by atoms with van der Waals surface area (Å²) in [5, 5.41) is 0. The Kier molecular flexibility index (Phi) is 2.12. The van der Waals surface area contributed by atoms with Gasteiger partial charge in [0.25, 0.3) is 0 Å². The van der Waals surface area contributed by atoms with Crippen molar-refractivity contribution < 1.29 is 0 Å². The number of halogens is 1. The van der Waals surface area contributed by atoms with Gasteiger partial charge in [0.2, 0.25) is 0 Å². The lowest BCUT2D eigenvalue weighted by atomic mass is 10.2. The van der Waals surface area contributed by atoms with E-state index in [1.165, 1.54) is 4.70 Å². The molecule has 0 saturated heterocycles. The molecule has 0 aliphatic carbocycles. The van der Waals surface area contributed by atoms with Gasteiger partial charge in [0.05, 0.1) is 15.7 Å². The van der Waals surface area contributed by atoms with Crippen LogP contribution in [-0.4, -0.2) is 4.98 Å². The molecule has 1 aromatic carbocycles. The van der Waals surface area contributed by atoms with Crippen molar-refractivity contribution in [2.45, 2.75) is 6.54 Å². The molecule has 1 heterocycles. The van der Waals surface area contributed by atoms with Gasteiger partial charge in [-0.25, -0.2) is 4.98 Å². The summed E-state index contributed by atoms with van der Waals surface area (Å²) in [7, 11) is 0. The molecule has 0 spiro atoms. The van der Waals surface area contributed by atoms with Crippen LogP contribution in [0.5, 0.6) is 0 Å². The van der Waals surface area contributed by atoms with E-state index in [0.29, 0.717) is 6.54 Å². The van der Waals surface area contributed by atoms with E-state index in [0.717, 1.165) is 15.6 Å². The van der Waals surface area contributed by atoms with E-state index < -0.39 is 0 Å². The molecule has 2 aromatic rings. The minimum absolute atomic E-state index is 0.576. The Balaban J connectivity index is 2.75. The lowest BCUT2D eigenvalue weighted by molar-refractivity contribution is 1.07. The second-order valence-corrected chi connectivity index (χ2v) is 4.22.